The first-order chi connectivity index (χ1) is 14.0. The maximum atomic E-state index is 11.7. The summed E-state index contributed by atoms with van der Waals surface area (Å²) in [5, 5.41) is 20.7. The second-order valence-electron chi connectivity index (χ2n) is 7.67. The predicted molar refractivity (Wildman–Crippen MR) is 110 cm³/mol. The number of hydrogen-bond acceptors (Lipinski definition) is 8. The molecule has 1 aliphatic rings. The minimum absolute atomic E-state index is 0.0100. The lowest BCUT2D eigenvalue weighted by Gasteiger charge is -2.31. The first kappa shape index (κ1) is 21.1. The van der Waals surface area contributed by atoms with E-state index in [1.165, 1.54) is 7.11 Å². The topological polar surface area (TPSA) is 117 Å². The molecule has 1 saturated heterocycles. The number of methoxy groups -OCH3 is 1. The molecule has 10 heteroatoms. The third kappa shape index (κ3) is 4.69. The van der Waals surface area contributed by atoms with Gasteiger partial charge in [-0.3, -0.25) is 0 Å². The highest BCUT2D eigenvalue weighted by atomic mass is 16.5. The van der Waals surface area contributed by atoms with Crippen molar-refractivity contribution in [3.8, 4) is 0 Å². The standard InChI is InChI=1S/C19H31N7O3/c1-5-13(11-27)21-17-23-16-15(12(2)3)10-20-26(16)18(24-17)22-14-6-8-25(9-7-14)19(28)29-4/h10,12-14,27H,5-9,11H2,1-4H3,(H2,21,22,23,24). The molecule has 1 unspecified atom stereocenters. The van der Waals surface area contributed by atoms with E-state index in [1.807, 2.05) is 13.1 Å². The van der Waals surface area contributed by atoms with Gasteiger partial charge in [0.25, 0.3) is 0 Å². The fourth-order valence-electron chi connectivity index (χ4n) is 3.44. The molecule has 3 N–H and O–H groups in total. The van der Waals surface area contributed by atoms with Crippen molar-refractivity contribution in [2.24, 2.45) is 0 Å². The van der Waals surface area contributed by atoms with Gasteiger partial charge in [0, 0.05) is 24.7 Å². The molecule has 3 rings (SSSR count). The zero-order valence-electron chi connectivity index (χ0n) is 17.6. The highest BCUT2D eigenvalue weighted by Gasteiger charge is 2.25. The van der Waals surface area contributed by atoms with Crippen LogP contribution in [0.2, 0.25) is 0 Å². The molecule has 0 aromatic carbocycles. The lowest BCUT2D eigenvalue weighted by atomic mass is 10.1. The van der Waals surface area contributed by atoms with Crippen molar-refractivity contribution < 1.29 is 14.6 Å². The van der Waals surface area contributed by atoms with E-state index in [2.05, 4.69) is 39.5 Å². The maximum Gasteiger partial charge on any atom is 0.409 e. The molecule has 1 aliphatic heterocycles. The zero-order chi connectivity index (χ0) is 21.0. The van der Waals surface area contributed by atoms with Crippen LogP contribution in [-0.2, 0) is 4.74 Å². The Morgan fingerprint density at radius 1 is 1.34 bits per heavy atom. The number of likely N-dealkylation sites (tertiary alicyclic amines) is 1. The number of fused-ring (bicyclic) bond motifs is 1. The minimum Gasteiger partial charge on any atom is -0.453 e. The summed E-state index contributed by atoms with van der Waals surface area (Å²) >= 11 is 0. The van der Waals surface area contributed by atoms with Crippen molar-refractivity contribution in [3.63, 3.8) is 0 Å². The third-order valence-corrected chi connectivity index (χ3v) is 5.32. The van der Waals surface area contributed by atoms with E-state index in [9.17, 15) is 9.90 Å². The second-order valence-corrected chi connectivity index (χ2v) is 7.67. The highest BCUT2D eigenvalue weighted by Crippen LogP contribution is 2.24. The van der Waals surface area contributed by atoms with Gasteiger partial charge in [0.1, 0.15) is 0 Å². The van der Waals surface area contributed by atoms with E-state index < -0.39 is 0 Å². The van der Waals surface area contributed by atoms with Crippen LogP contribution in [0.1, 0.15) is 51.5 Å². The van der Waals surface area contributed by atoms with Crippen LogP contribution in [0.25, 0.3) is 5.65 Å². The number of ether oxygens (including phenoxy) is 1. The summed E-state index contributed by atoms with van der Waals surface area (Å²) in [5.74, 6) is 1.34. The molecular formula is C19H31N7O3. The van der Waals surface area contributed by atoms with E-state index >= 15 is 0 Å². The van der Waals surface area contributed by atoms with Gasteiger partial charge < -0.3 is 25.4 Å². The number of rotatable bonds is 7. The molecule has 1 amide bonds. The fraction of sp³-hybridized carbons (Fsp3) is 0.684. The van der Waals surface area contributed by atoms with Crippen LogP contribution in [0.15, 0.2) is 6.20 Å². The van der Waals surface area contributed by atoms with Gasteiger partial charge in [0.05, 0.1) is 26.0 Å². The van der Waals surface area contributed by atoms with E-state index in [1.54, 1.807) is 9.42 Å². The number of amides is 1. The summed E-state index contributed by atoms with van der Waals surface area (Å²) in [7, 11) is 1.40. The molecule has 10 nitrogen and oxygen atoms in total. The van der Waals surface area contributed by atoms with Crippen molar-refractivity contribution in [1.82, 2.24) is 24.5 Å². The normalized spacial score (nSPS) is 16.3. The number of carbonyl (C=O) groups is 1. The van der Waals surface area contributed by atoms with E-state index in [0.29, 0.717) is 25.0 Å². The van der Waals surface area contributed by atoms with Crippen LogP contribution in [0, 0.1) is 0 Å². The summed E-state index contributed by atoms with van der Waals surface area (Å²) in [6.07, 6.45) is 3.87. The van der Waals surface area contributed by atoms with Crippen LogP contribution >= 0.6 is 0 Å². The van der Waals surface area contributed by atoms with Gasteiger partial charge in [-0.05, 0) is 25.2 Å². The largest absolute Gasteiger partial charge is 0.453 e. The second kappa shape index (κ2) is 9.25. The van der Waals surface area contributed by atoms with Gasteiger partial charge in [-0.1, -0.05) is 20.8 Å². The van der Waals surface area contributed by atoms with E-state index in [4.69, 9.17) is 4.74 Å². The lowest BCUT2D eigenvalue weighted by molar-refractivity contribution is 0.113. The SMILES string of the molecule is CCC(CO)Nc1nc(NC2CCN(C(=O)OC)CC2)n2ncc(C(C)C)c2n1. The molecule has 0 radical (unpaired) electrons. The van der Waals surface area contributed by atoms with Crippen LogP contribution < -0.4 is 10.6 Å². The highest BCUT2D eigenvalue weighted by molar-refractivity contribution is 5.67. The summed E-state index contributed by atoms with van der Waals surface area (Å²) in [6, 6.07) is 0.0485. The molecule has 2 aromatic heterocycles. The molecule has 3 heterocycles. The minimum atomic E-state index is -0.289. The van der Waals surface area contributed by atoms with Gasteiger partial charge in [-0.2, -0.15) is 19.6 Å². The number of nitrogens with zero attached hydrogens (tertiary/aromatic N) is 5. The Morgan fingerprint density at radius 3 is 2.66 bits per heavy atom. The third-order valence-electron chi connectivity index (χ3n) is 5.32. The monoisotopic (exact) mass is 405 g/mol. The average molecular weight is 406 g/mol. The van der Waals surface area contributed by atoms with Gasteiger partial charge in [-0.25, -0.2) is 4.79 Å². The quantitative estimate of drug-likeness (QED) is 0.641. The number of anilines is 2. The molecule has 29 heavy (non-hydrogen) atoms. The Balaban J connectivity index is 1.85. The van der Waals surface area contributed by atoms with Crippen molar-refractivity contribution in [2.45, 2.75) is 58.0 Å². The number of nitrogens with one attached hydrogen (secondary N) is 2. The molecule has 2 aromatic rings. The van der Waals surface area contributed by atoms with Gasteiger partial charge in [0.15, 0.2) is 5.65 Å². The number of hydrogen-bond donors (Lipinski definition) is 3. The van der Waals surface area contributed by atoms with Crippen molar-refractivity contribution in [3.05, 3.63) is 11.8 Å². The van der Waals surface area contributed by atoms with E-state index in [-0.39, 0.29) is 30.7 Å². The Morgan fingerprint density at radius 2 is 2.07 bits per heavy atom. The summed E-state index contributed by atoms with van der Waals surface area (Å²) in [5.41, 5.74) is 1.79. The van der Waals surface area contributed by atoms with Gasteiger partial charge >= 0.3 is 6.09 Å². The van der Waals surface area contributed by atoms with Crippen molar-refractivity contribution in [1.29, 1.82) is 0 Å². The molecule has 0 spiro atoms. The van der Waals surface area contributed by atoms with Crippen LogP contribution in [0.4, 0.5) is 16.7 Å². The number of aromatic nitrogens is 4. The molecule has 1 fully saturated rings. The van der Waals surface area contributed by atoms with E-state index in [0.717, 1.165) is 30.5 Å². The van der Waals surface area contributed by atoms with Gasteiger partial charge in [-0.15, -0.1) is 0 Å². The summed E-state index contributed by atoms with van der Waals surface area (Å²) in [6.45, 7) is 7.47. The summed E-state index contributed by atoms with van der Waals surface area (Å²) < 4.78 is 6.53. The predicted octanol–water partition coefficient (Wildman–Crippen LogP) is 2.07. The molecular weight excluding hydrogens is 374 g/mol. The van der Waals surface area contributed by atoms with Crippen molar-refractivity contribution >= 4 is 23.6 Å². The first-order valence-electron chi connectivity index (χ1n) is 10.2. The zero-order valence-corrected chi connectivity index (χ0v) is 17.6. The number of carbonyl (C=O) groups excluding carboxylic acids is 1. The molecule has 0 bridgehead atoms. The fourth-order valence-corrected chi connectivity index (χ4v) is 3.44. The Kier molecular flexibility index (Phi) is 6.73. The van der Waals surface area contributed by atoms with Crippen LogP contribution in [0.5, 0.6) is 0 Å². The number of aliphatic hydroxyl groups is 1. The number of aliphatic hydroxyl groups excluding tert-OH is 1. The lowest BCUT2D eigenvalue weighted by Crippen LogP contribution is -2.42. The maximum absolute atomic E-state index is 11.7. The Hall–Kier alpha value is -2.62. The molecule has 0 aliphatic carbocycles. The van der Waals surface area contributed by atoms with Crippen LogP contribution in [0.3, 0.4) is 0 Å². The van der Waals surface area contributed by atoms with Crippen LogP contribution in [-0.4, -0.2) is 74.6 Å². The number of piperidine rings is 1. The van der Waals surface area contributed by atoms with Crippen molar-refractivity contribution in [2.75, 3.05) is 37.4 Å². The summed E-state index contributed by atoms with van der Waals surface area (Å²) in [4.78, 5) is 22.7. The Bertz CT molecular complexity index is 827. The van der Waals surface area contributed by atoms with Gasteiger partial charge in [0.2, 0.25) is 11.9 Å². The molecule has 160 valence electrons. The Labute approximate surface area is 170 Å². The smallest absolute Gasteiger partial charge is 0.409 e. The average Bonchev–Trinajstić information content (AvgIpc) is 3.16. The molecule has 1 atom stereocenters. The first-order valence-corrected chi connectivity index (χ1v) is 10.2. The molecule has 0 saturated carbocycles.